The summed E-state index contributed by atoms with van der Waals surface area (Å²) in [6.45, 7) is 4.73. The fourth-order valence-electron chi connectivity index (χ4n) is 4.18. The Kier molecular flexibility index (Phi) is 4.71. The van der Waals surface area contributed by atoms with Gasteiger partial charge in [0.1, 0.15) is 17.6 Å². The van der Waals surface area contributed by atoms with Crippen molar-refractivity contribution in [2.75, 3.05) is 13.1 Å². The molecule has 0 unspecified atom stereocenters. The van der Waals surface area contributed by atoms with E-state index in [9.17, 15) is 5.11 Å². The molecule has 1 saturated heterocycles. The fraction of sp³-hybridized carbons (Fsp3) is 0.526. The zero-order valence-electron chi connectivity index (χ0n) is 14.3. The Hall–Kier alpha value is -1.56. The van der Waals surface area contributed by atoms with E-state index in [0.717, 1.165) is 49.7 Å². The van der Waals surface area contributed by atoms with Crippen LogP contribution in [0.1, 0.15) is 24.3 Å². The molecule has 1 aromatic carbocycles. The van der Waals surface area contributed by atoms with E-state index in [-0.39, 0.29) is 6.10 Å². The van der Waals surface area contributed by atoms with Crippen molar-refractivity contribution in [3.63, 3.8) is 0 Å². The third kappa shape index (κ3) is 3.84. The van der Waals surface area contributed by atoms with Crippen molar-refractivity contribution < 1.29 is 14.4 Å². The minimum Gasteiger partial charge on any atom is -0.488 e. The molecule has 25 heavy (non-hydrogen) atoms. The van der Waals surface area contributed by atoms with Crippen LogP contribution in [0.5, 0.6) is 5.75 Å². The summed E-state index contributed by atoms with van der Waals surface area (Å²) in [6.07, 6.45) is 1.04. The zero-order chi connectivity index (χ0) is 17.4. The van der Waals surface area contributed by atoms with Gasteiger partial charge in [-0.15, -0.1) is 0 Å². The minimum atomic E-state index is -0.436. The van der Waals surface area contributed by atoms with E-state index in [1.807, 2.05) is 31.2 Å². The number of likely N-dealkylation sites (tertiary alicyclic amines) is 1. The molecule has 1 saturated carbocycles. The van der Waals surface area contributed by atoms with Gasteiger partial charge in [0.05, 0.1) is 11.8 Å². The first kappa shape index (κ1) is 16.9. The predicted octanol–water partition coefficient (Wildman–Crippen LogP) is 3.29. The topological polar surface area (TPSA) is 58.7 Å². The SMILES string of the molecule is Cc1cc(CN2C[C@H]3C[C@@H](Oc4cccc(Cl)c4)[C@H](O)C[C@H]3C2)no1. The number of aromatic nitrogens is 1. The number of halogens is 1. The lowest BCUT2D eigenvalue weighted by Crippen LogP contribution is -2.42. The second-order valence-corrected chi connectivity index (χ2v) is 7.73. The maximum Gasteiger partial charge on any atom is 0.133 e. The monoisotopic (exact) mass is 362 g/mol. The summed E-state index contributed by atoms with van der Waals surface area (Å²) < 4.78 is 11.2. The van der Waals surface area contributed by atoms with Crippen LogP contribution in [0.4, 0.5) is 0 Å². The van der Waals surface area contributed by atoms with Crippen LogP contribution in [0, 0.1) is 18.8 Å². The van der Waals surface area contributed by atoms with Crippen molar-refractivity contribution in [3.8, 4) is 5.75 Å². The quantitative estimate of drug-likeness (QED) is 0.904. The maximum atomic E-state index is 10.5. The predicted molar refractivity (Wildman–Crippen MR) is 94.6 cm³/mol. The highest BCUT2D eigenvalue weighted by Crippen LogP contribution is 2.38. The molecule has 6 heteroatoms. The molecule has 0 spiro atoms. The Morgan fingerprint density at radius 1 is 1.28 bits per heavy atom. The molecule has 0 radical (unpaired) electrons. The second kappa shape index (κ2) is 6.98. The van der Waals surface area contributed by atoms with E-state index in [0.29, 0.717) is 16.9 Å². The highest BCUT2D eigenvalue weighted by Gasteiger charge is 2.42. The van der Waals surface area contributed by atoms with Gasteiger partial charge in [-0.2, -0.15) is 0 Å². The number of fused-ring (bicyclic) bond motifs is 1. The van der Waals surface area contributed by atoms with Gasteiger partial charge in [0.15, 0.2) is 0 Å². The third-order valence-electron chi connectivity index (χ3n) is 5.31. The summed E-state index contributed by atoms with van der Waals surface area (Å²) >= 11 is 6.02. The Morgan fingerprint density at radius 3 is 2.80 bits per heavy atom. The molecular formula is C19H23ClN2O3. The first-order chi connectivity index (χ1) is 12.1. The number of aryl methyl sites for hydroxylation is 1. The lowest BCUT2D eigenvalue weighted by atomic mass is 9.78. The Bertz CT molecular complexity index is 735. The summed E-state index contributed by atoms with van der Waals surface area (Å²) in [5.74, 6) is 2.63. The van der Waals surface area contributed by atoms with Crippen molar-refractivity contribution in [1.29, 1.82) is 0 Å². The number of nitrogens with zero attached hydrogens (tertiary/aromatic N) is 2. The number of ether oxygens (including phenoxy) is 1. The summed E-state index contributed by atoms with van der Waals surface area (Å²) in [7, 11) is 0. The van der Waals surface area contributed by atoms with Gasteiger partial charge in [0.25, 0.3) is 0 Å². The van der Waals surface area contributed by atoms with E-state index >= 15 is 0 Å². The van der Waals surface area contributed by atoms with E-state index in [1.165, 1.54) is 0 Å². The van der Waals surface area contributed by atoms with Crippen molar-refractivity contribution in [1.82, 2.24) is 10.1 Å². The molecule has 1 N–H and O–H groups in total. The molecule has 1 aliphatic carbocycles. The molecule has 0 amide bonds. The number of aliphatic hydroxyl groups excluding tert-OH is 1. The Morgan fingerprint density at radius 2 is 2.08 bits per heavy atom. The summed E-state index contributed by atoms with van der Waals surface area (Å²) in [5, 5.41) is 15.3. The average molecular weight is 363 g/mol. The van der Waals surface area contributed by atoms with E-state index in [1.54, 1.807) is 6.07 Å². The number of hydrogen-bond acceptors (Lipinski definition) is 5. The van der Waals surface area contributed by atoms with Crippen molar-refractivity contribution in [3.05, 3.63) is 46.8 Å². The molecule has 4 rings (SSSR count). The minimum absolute atomic E-state index is 0.172. The highest BCUT2D eigenvalue weighted by molar-refractivity contribution is 6.30. The van der Waals surface area contributed by atoms with Crippen molar-refractivity contribution in [2.45, 2.75) is 38.5 Å². The molecule has 0 bridgehead atoms. The van der Waals surface area contributed by atoms with Gasteiger partial charge in [-0.3, -0.25) is 4.90 Å². The average Bonchev–Trinajstić information content (AvgIpc) is 3.13. The lowest BCUT2D eigenvalue weighted by molar-refractivity contribution is -0.0231. The standard InChI is InChI=1S/C19H23ClN2O3/c1-12-5-16(21-25-12)11-22-9-13-6-18(23)19(7-14(13)10-22)24-17-4-2-3-15(20)8-17/h2-5,8,13-14,18-19,23H,6-7,9-11H2,1H3/t13-,14+,18+,19+/m0/s1. The molecule has 4 atom stereocenters. The van der Waals surface area contributed by atoms with Crippen LogP contribution in [-0.4, -0.2) is 40.5 Å². The Balaban J connectivity index is 1.38. The number of aliphatic hydroxyl groups is 1. The summed E-state index contributed by atoms with van der Waals surface area (Å²) in [4.78, 5) is 2.40. The summed E-state index contributed by atoms with van der Waals surface area (Å²) in [5.41, 5.74) is 0.975. The molecule has 2 fully saturated rings. The summed E-state index contributed by atoms with van der Waals surface area (Å²) in [6, 6.07) is 9.36. The van der Waals surface area contributed by atoms with E-state index in [2.05, 4.69) is 10.1 Å². The van der Waals surface area contributed by atoms with Gasteiger partial charge < -0.3 is 14.4 Å². The van der Waals surface area contributed by atoms with Crippen LogP contribution < -0.4 is 4.74 Å². The van der Waals surface area contributed by atoms with E-state index < -0.39 is 6.10 Å². The van der Waals surface area contributed by atoms with Gasteiger partial charge in [0, 0.05) is 30.7 Å². The number of hydrogen-bond donors (Lipinski definition) is 1. The van der Waals surface area contributed by atoms with Gasteiger partial charge in [-0.25, -0.2) is 0 Å². The van der Waals surface area contributed by atoms with Crippen LogP contribution >= 0.6 is 11.6 Å². The van der Waals surface area contributed by atoms with Crippen LogP contribution in [0.2, 0.25) is 5.02 Å². The molecule has 2 aliphatic rings. The van der Waals surface area contributed by atoms with Gasteiger partial charge in [-0.1, -0.05) is 22.8 Å². The largest absolute Gasteiger partial charge is 0.488 e. The molecule has 2 aromatic rings. The normalized spacial score (nSPS) is 29.6. The van der Waals surface area contributed by atoms with E-state index in [4.69, 9.17) is 20.9 Å². The Labute approximate surface area is 152 Å². The molecule has 134 valence electrons. The first-order valence-corrected chi connectivity index (χ1v) is 9.19. The van der Waals surface area contributed by atoms with Crippen molar-refractivity contribution in [2.24, 2.45) is 11.8 Å². The lowest BCUT2D eigenvalue weighted by Gasteiger charge is -2.35. The molecular weight excluding hydrogens is 340 g/mol. The molecule has 1 aromatic heterocycles. The van der Waals surface area contributed by atoms with Gasteiger partial charge >= 0.3 is 0 Å². The smallest absolute Gasteiger partial charge is 0.133 e. The zero-order valence-corrected chi connectivity index (χ0v) is 15.0. The van der Waals surface area contributed by atoms with Crippen LogP contribution in [0.25, 0.3) is 0 Å². The van der Waals surface area contributed by atoms with Crippen molar-refractivity contribution >= 4 is 11.6 Å². The molecule has 5 nitrogen and oxygen atoms in total. The fourth-order valence-corrected chi connectivity index (χ4v) is 4.36. The third-order valence-corrected chi connectivity index (χ3v) is 5.54. The first-order valence-electron chi connectivity index (χ1n) is 8.81. The maximum absolute atomic E-state index is 10.5. The molecule has 1 aliphatic heterocycles. The number of benzene rings is 1. The second-order valence-electron chi connectivity index (χ2n) is 7.30. The van der Waals surface area contributed by atoms with Gasteiger partial charge in [-0.05, 0) is 49.8 Å². The van der Waals surface area contributed by atoms with Crippen LogP contribution in [-0.2, 0) is 6.54 Å². The van der Waals surface area contributed by atoms with Crippen LogP contribution in [0.15, 0.2) is 34.9 Å². The highest BCUT2D eigenvalue weighted by atomic mass is 35.5. The van der Waals surface area contributed by atoms with Gasteiger partial charge in [0.2, 0.25) is 0 Å². The van der Waals surface area contributed by atoms with Crippen LogP contribution in [0.3, 0.4) is 0 Å². The molecule has 2 heterocycles. The number of rotatable bonds is 4.